The Labute approximate surface area is 125 Å². The van der Waals surface area contributed by atoms with Crippen LogP contribution in [0.25, 0.3) is 0 Å². The van der Waals surface area contributed by atoms with Gasteiger partial charge in [-0.3, -0.25) is 0 Å². The standard InChI is InChI=1S/C15H24N4O2/c1-12-16-5-7-18(12)8-6-17-14(21)19-9-13-3-2-4-15(13,10-19)11-20/h5,7,13,20H,2-4,6,8-11H2,1H3,(H,17,21)/t13-,15+/m0/s1. The Morgan fingerprint density at radius 1 is 1.62 bits per heavy atom. The molecule has 1 saturated heterocycles. The fraction of sp³-hybridized carbons (Fsp3) is 0.733. The van der Waals surface area contributed by atoms with E-state index >= 15 is 0 Å². The summed E-state index contributed by atoms with van der Waals surface area (Å²) in [5.41, 5.74) is -0.0295. The third kappa shape index (κ3) is 2.64. The molecule has 2 heterocycles. The number of nitrogens with zero attached hydrogens (tertiary/aromatic N) is 3. The monoisotopic (exact) mass is 292 g/mol. The Morgan fingerprint density at radius 3 is 3.14 bits per heavy atom. The average molecular weight is 292 g/mol. The third-order valence-corrected chi connectivity index (χ3v) is 5.19. The predicted molar refractivity (Wildman–Crippen MR) is 78.8 cm³/mol. The van der Waals surface area contributed by atoms with Crippen molar-refractivity contribution in [1.82, 2.24) is 19.8 Å². The van der Waals surface area contributed by atoms with Gasteiger partial charge < -0.3 is 19.9 Å². The molecule has 0 bridgehead atoms. The van der Waals surface area contributed by atoms with Gasteiger partial charge in [-0.25, -0.2) is 9.78 Å². The van der Waals surface area contributed by atoms with Crippen LogP contribution in [0.5, 0.6) is 0 Å². The lowest BCUT2D eigenvalue weighted by molar-refractivity contribution is 0.113. The normalized spacial score (nSPS) is 27.9. The van der Waals surface area contributed by atoms with Gasteiger partial charge in [0.05, 0.1) is 6.61 Å². The van der Waals surface area contributed by atoms with Gasteiger partial charge in [0, 0.05) is 44.0 Å². The third-order valence-electron chi connectivity index (χ3n) is 5.19. The first-order chi connectivity index (χ1) is 10.1. The predicted octanol–water partition coefficient (Wildman–Crippen LogP) is 0.996. The number of rotatable bonds is 4. The molecule has 1 aliphatic carbocycles. The summed E-state index contributed by atoms with van der Waals surface area (Å²) in [6.07, 6.45) is 7.05. The van der Waals surface area contributed by atoms with Crippen molar-refractivity contribution in [3.63, 3.8) is 0 Å². The number of likely N-dealkylation sites (tertiary alicyclic amines) is 1. The molecule has 0 aromatic carbocycles. The average Bonchev–Trinajstić information content (AvgIpc) is 3.13. The molecule has 2 fully saturated rings. The van der Waals surface area contributed by atoms with Gasteiger partial charge in [-0.1, -0.05) is 6.42 Å². The van der Waals surface area contributed by atoms with E-state index in [1.54, 1.807) is 6.20 Å². The zero-order valence-corrected chi connectivity index (χ0v) is 12.6. The number of imidazole rings is 1. The van der Waals surface area contributed by atoms with Crippen molar-refractivity contribution in [2.45, 2.75) is 32.7 Å². The Balaban J connectivity index is 1.49. The fourth-order valence-corrected chi connectivity index (χ4v) is 3.86. The molecular weight excluding hydrogens is 268 g/mol. The summed E-state index contributed by atoms with van der Waals surface area (Å²) in [5.74, 6) is 1.43. The first-order valence-corrected chi connectivity index (χ1v) is 7.76. The van der Waals surface area contributed by atoms with Crippen LogP contribution in [0.4, 0.5) is 4.79 Å². The van der Waals surface area contributed by atoms with Gasteiger partial charge in [-0.2, -0.15) is 0 Å². The van der Waals surface area contributed by atoms with Crippen LogP contribution in [0.1, 0.15) is 25.1 Å². The van der Waals surface area contributed by atoms with Gasteiger partial charge >= 0.3 is 6.03 Å². The zero-order valence-electron chi connectivity index (χ0n) is 12.6. The number of hydrogen-bond donors (Lipinski definition) is 2. The van der Waals surface area contributed by atoms with Crippen LogP contribution in [0, 0.1) is 18.3 Å². The van der Waals surface area contributed by atoms with Crippen LogP contribution in [0.15, 0.2) is 12.4 Å². The minimum atomic E-state index is -0.0295. The largest absolute Gasteiger partial charge is 0.396 e. The summed E-state index contributed by atoms with van der Waals surface area (Å²) in [4.78, 5) is 18.3. The maximum atomic E-state index is 12.3. The number of aryl methyl sites for hydroxylation is 1. The quantitative estimate of drug-likeness (QED) is 0.869. The molecule has 1 aromatic rings. The molecule has 6 nitrogen and oxygen atoms in total. The van der Waals surface area contributed by atoms with Crippen molar-refractivity contribution in [2.24, 2.45) is 11.3 Å². The lowest BCUT2D eigenvalue weighted by atomic mass is 9.82. The first kappa shape index (κ1) is 14.4. The molecule has 1 aliphatic heterocycles. The number of hydrogen-bond acceptors (Lipinski definition) is 3. The van der Waals surface area contributed by atoms with E-state index in [1.165, 1.54) is 6.42 Å². The minimum absolute atomic E-state index is 0.00464. The van der Waals surface area contributed by atoms with Crippen LogP contribution in [-0.4, -0.2) is 51.8 Å². The summed E-state index contributed by atoms with van der Waals surface area (Å²) in [5, 5.41) is 12.7. The van der Waals surface area contributed by atoms with E-state index in [0.29, 0.717) is 19.0 Å². The summed E-state index contributed by atoms with van der Waals surface area (Å²) < 4.78 is 2.02. The zero-order chi connectivity index (χ0) is 14.9. The summed E-state index contributed by atoms with van der Waals surface area (Å²) in [6, 6.07) is -0.00464. The lowest BCUT2D eigenvalue weighted by Gasteiger charge is -2.25. The lowest BCUT2D eigenvalue weighted by Crippen LogP contribution is -2.41. The number of aliphatic hydroxyl groups excluding tert-OH is 1. The number of urea groups is 1. The molecule has 1 aromatic heterocycles. The van der Waals surface area contributed by atoms with Gasteiger partial charge in [-0.15, -0.1) is 0 Å². The molecule has 2 N–H and O–H groups in total. The molecular formula is C15H24N4O2. The topological polar surface area (TPSA) is 70.4 Å². The minimum Gasteiger partial charge on any atom is -0.396 e. The van der Waals surface area contributed by atoms with Crippen LogP contribution in [-0.2, 0) is 6.54 Å². The number of fused-ring (bicyclic) bond motifs is 1. The molecule has 2 atom stereocenters. The maximum absolute atomic E-state index is 12.3. The highest BCUT2D eigenvalue weighted by Crippen LogP contribution is 2.48. The molecule has 0 spiro atoms. The highest BCUT2D eigenvalue weighted by molar-refractivity contribution is 5.74. The summed E-state index contributed by atoms with van der Waals surface area (Å²) in [7, 11) is 0. The van der Waals surface area contributed by atoms with E-state index < -0.39 is 0 Å². The number of aromatic nitrogens is 2. The van der Waals surface area contributed by atoms with Crippen molar-refractivity contribution in [1.29, 1.82) is 0 Å². The van der Waals surface area contributed by atoms with Gasteiger partial charge in [0.15, 0.2) is 0 Å². The molecule has 3 rings (SSSR count). The Morgan fingerprint density at radius 2 is 2.48 bits per heavy atom. The Hall–Kier alpha value is -1.56. The molecule has 116 valence electrons. The van der Waals surface area contributed by atoms with Crippen LogP contribution < -0.4 is 5.32 Å². The van der Waals surface area contributed by atoms with Crippen LogP contribution in [0.2, 0.25) is 0 Å². The Bertz CT molecular complexity index is 516. The van der Waals surface area contributed by atoms with Gasteiger partial charge in [0.1, 0.15) is 5.82 Å². The molecule has 2 amide bonds. The second-order valence-corrected chi connectivity index (χ2v) is 6.39. The van der Waals surface area contributed by atoms with Crippen molar-refractivity contribution in [2.75, 3.05) is 26.2 Å². The maximum Gasteiger partial charge on any atom is 0.317 e. The van der Waals surface area contributed by atoms with Gasteiger partial charge in [0.25, 0.3) is 0 Å². The van der Waals surface area contributed by atoms with Gasteiger partial charge in [0.2, 0.25) is 0 Å². The van der Waals surface area contributed by atoms with E-state index in [2.05, 4.69) is 10.3 Å². The van der Waals surface area contributed by atoms with Gasteiger partial charge in [-0.05, 0) is 25.7 Å². The number of nitrogens with one attached hydrogen (secondary N) is 1. The molecule has 6 heteroatoms. The fourth-order valence-electron chi connectivity index (χ4n) is 3.86. The van der Waals surface area contributed by atoms with E-state index in [9.17, 15) is 9.90 Å². The highest BCUT2D eigenvalue weighted by Gasteiger charge is 2.50. The van der Waals surface area contributed by atoms with E-state index in [4.69, 9.17) is 0 Å². The number of amides is 2. The molecule has 0 radical (unpaired) electrons. The van der Waals surface area contributed by atoms with E-state index in [0.717, 1.165) is 31.8 Å². The second kappa shape index (κ2) is 5.67. The van der Waals surface area contributed by atoms with Crippen molar-refractivity contribution in [3.8, 4) is 0 Å². The van der Waals surface area contributed by atoms with Crippen molar-refractivity contribution < 1.29 is 9.90 Å². The summed E-state index contributed by atoms with van der Waals surface area (Å²) in [6.45, 7) is 4.98. The molecule has 21 heavy (non-hydrogen) atoms. The first-order valence-electron chi connectivity index (χ1n) is 7.76. The Kier molecular flexibility index (Phi) is 3.89. The number of aliphatic hydroxyl groups is 1. The second-order valence-electron chi connectivity index (χ2n) is 6.39. The molecule has 2 aliphatic rings. The van der Waals surface area contributed by atoms with Crippen LogP contribution in [0.3, 0.4) is 0 Å². The smallest absolute Gasteiger partial charge is 0.317 e. The van der Waals surface area contributed by atoms with E-state index in [-0.39, 0.29) is 18.1 Å². The number of carbonyl (C=O) groups excluding carboxylic acids is 1. The van der Waals surface area contributed by atoms with E-state index in [1.807, 2.05) is 22.6 Å². The highest BCUT2D eigenvalue weighted by atomic mass is 16.3. The summed E-state index contributed by atoms with van der Waals surface area (Å²) >= 11 is 0. The van der Waals surface area contributed by atoms with Crippen LogP contribution >= 0.6 is 0 Å². The molecule has 1 saturated carbocycles. The van der Waals surface area contributed by atoms with Crippen molar-refractivity contribution >= 4 is 6.03 Å². The SMILES string of the molecule is Cc1nccn1CCNC(=O)N1C[C@@H]2CCC[C@]2(CO)C1. The molecule has 0 unspecified atom stereocenters. The van der Waals surface area contributed by atoms with Crippen molar-refractivity contribution in [3.05, 3.63) is 18.2 Å². The number of carbonyl (C=O) groups is 1.